The van der Waals surface area contributed by atoms with Gasteiger partial charge in [0.1, 0.15) is 11.1 Å². The van der Waals surface area contributed by atoms with Gasteiger partial charge in [-0.3, -0.25) is 4.79 Å². The minimum Gasteiger partial charge on any atom is -0.351 e. The normalized spacial score (nSPS) is 10.0. The average molecular weight is 311 g/mol. The molecule has 112 valence electrons. The van der Waals surface area contributed by atoms with Gasteiger partial charge in [0.15, 0.2) is 0 Å². The van der Waals surface area contributed by atoms with E-state index in [0.717, 1.165) is 5.56 Å². The summed E-state index contributed by atoms with van der Waals surface area (Å²) in [5.74, 6) is 0.175. The van der Waals surface area contributed by atoms with E-state index >= 15 is 0 Å². The predicted octanol–water partition coefficient (Wildman–Crippen LogP) is 2.98. The molecule has 0 bridgehead atoms. The number of amides is 1. The average Bonchev–Trinajstić information content (AvgIpc) is 2.54. The summed E-state index contributed by atoms with van der Waals surface area (Å²) in [4.78, 5) is 16.0. The van der Waals surface area contributed by atoms with Crippen LogP contribution in [0.3, 0.4) is 0 Å². The summed E-state index contributed by atoms with van der Waals surface area (Å²) in [7, 11) is 0. The molecule has 0 unspecified atom stereocenters. The van der Waals surface area contributed by atoms with Crippen LogP contribution in [-0.2, 0) is 11.3 Å². The number of carbonyl (C=O) groups is 1. The fourth-order valence-corrected chi connectivity index (χ4v) is 2.66. The highest BCUT2D eigenvalue weighted by Gasteiger charge is 2.07. The van der Waals surface area contributed by atoms with Gasteiger partial charge < -0.3 is 5.32 Å². The van der Waals surface area contributed by atoms with Crippen LogP contribution < -0.4 is 5.32 Å². The lowest BCUT2D eigenvalue weighted by molar-refractivity contribution is -0.118. The van der Waals surface area contributed by atoms with Gasteiger partial charge in [-0.15, -0.1) is 0 Å². The number of carbonyl (C=O) groups excluding carboxylic acids is 1. The van der Waals surface area contributed by atoms with Crippen molar-refractivity contribution in [2.45, 2.75) is 25.4 Å². The van der Waals surface area contributed by atoms with Crippen LogP contribution >= 0.6 is 11.8 Å². The maximum Gasteiger partial charge on any atom is 0.230 e. The van der Waals surface area contributed by atoms with Crippen LogP contribution in [0.1, 0.15) is 22.3 Å². The highest BCUT2D eigenvalue weighted by atomic mass is 32.2. The van der Waals surface area contributed by atoms with Crippen molar-refractivity contribution in [3.05, 3.63) is 58.8 Å². The highest BCUT2D eigenvalue weighted by molar-refractivity contribution is 7.99. The van der Waals surface area contributed by atoms with Crippen LogP contribution in [-0.4, -0.2) is 16.6 Å². The molecule has 2 aromatic rings. The number of thioether (sulfide) groups is 1. The van der Waals surface area contributed by atoms with Crippen LogP contribution in [0.2, 0.25) is 0 Å². The molecule has 22 heavy (non-hydrogen) atoms. The Morgan fingerprint density at radius 3 is 2.86 bits per heavy atom. The van der Waals surface area contributed by atoms with E-state index in [1.54, 1.807) is 18.3 Å². The number of aryl methyl sites for hydroxylation is 2. The Balaban J connectivity index is 1.86. The lowest BCUT2D eigenvalue weighted by Crippen LogP contribution is -2.24. The summed E-state index contributed by atoms with van der Waals surface area (Å²) in [5, 5.41) is 12.5. The molecule has 0 radical (unpaired) electrons. The number of nitriles is 1. The highest BCUT2D eigenvalue weighted by Crippen LogP contribution is 2.18. The summed E-state index contributed by atoms with van der Waals surface area (Å²) in [6.45, 7) is 4.63. The first kappa shape index (κ1) is 16.1. The number of hydrogen-bond acceptors (Lipinski definition) is 4. The zero-order valence-corrected chi connectivity index (χ0v) is 13.4. The Hall–Kier alpha value is -2.32. The van der Waals surface area contributed by atoms with Crippen molar-refractivity contribution in [3.63, 3.8) is 0 Å². The number of rotatable bonds is 5. The van der Waals surface area contributed by atoms with Crippen molar-refractivity contribution in [3.8, 4) is 6.07 Å². The number of aromatic nitrogens is 1. The first-order valence-electron chi connectivity index (χ1n) is 6.91. The van der Waals surface area contributed by atoms with Gasteiger partial charge in [-0.05, 0) is 42.7 Å². The molecule has 0 atom stereocenters. The Bertz CT molecular complexity index is 722. The molecule has 0 spiro atoms. The summed E-state index contributed by atoms with van der Waals surface area (Å²) < 4.78 is 0. The van der Waals surface area contributed by atoms with Crippen LogP contribution in [0.5, 0.6) is 0 Å². The molecule has 1 aromatic heterocycles. The van der Waals surface area contributed by atoms with Gasteiger partial charge >= 0.3 is 0 Å². The van der Waals surface area contributed by atoms with Crippen molar-refractivity contribution in [1.29, 1.82) is 5.26 Å². The Labute approximate surface area is 134 Å². The summed E-state index contributed by atoms with van der Waals surface area (Å²) >= 11 is 1.27. The molecule has 1 aromatic carbocycles. The van der Waals surface area contributed by atoms with Crippen LogP contribution in [0.4, 0.5) is 0 Å². The Kier molecular flexibility index (Phi) is 5.56. The zero-order valence-electron chi connectivity index (χ0n) is 12.6. The van der Waals surface area contributed by atoms with Crippen molar-refractivity contribution in [2.75, 3.05) is 5.75 Å². The minimum atomic E-state index is -0.0715. The molecule has 0 saturated heterocycles. The number of benzene rings is 1. The first-order valence-corrected chi connectivity index (χ1v) is 7.89. The van der Waals surface area contributed by atoms with Gasteiger partial charge in [-0.2, -0.15) is 5.26 Å². The predicted molar refractivity (Wildman–Crippen MR) is 87.4 cm³/mol. The first-order chi connectivity index (χ1) is 10.6. The fraction of sp³-hybridized carbons (Fsp3) is 0.235. The topological polar surface area (TPSA) is 65.8 Å². The van der Waals surface area contributed by atoms with E-state index in [9.17, 15) is 4.79 Å². The van der Waals surface area contributed by atoms with E-state index in [4.69, 9.17) is 5.26 Å². The third kappa shape index (κ3) is 4.34. The van der Waals surface area contributed by atoms with Crippen LogP contribution in [0, 0.1) is 25.2 Å². The zero-order chi connectivity index (χ0) is 15.9. The van der Waals surface area contributed by atoms with Crippen molar-refractivity contribution in [2.24, 2.45) is 0 Å². The smallest absolute Gasteiger partial charge is 0.230 e. The number of nitrogens with one attached hydrogen (secondary N) is 1. The lowest BCUT2D eigenvalue weighted by Gasteiger charge is -2.07. The molecule has 0 aliphatic carbocycles. The van der Waals surface area contributed by atoms with E-state index in [1.165, 1.54) is 22.9 Å². The largest absolute Gasteiger partial charge is 0.351 e. The summed E-state index contributed by atoms with van der Waals surface area (Å²) in [6, 6.07) is 11.6. The molecular formula is C17H17N3OS. The van der Waals surface area contributed by atoms with Crippen molar-refractivity contribution < 1.29 is 4.79 Å². The quantitative estimate of drug-likeness (QED) is 0.862. The SMILES string of the molecule is Cc1ccc(CNC(=O)CSc2ncccc2C#N)cc1C. The molecule has 1 N–H and O–H groups in total. The van der Waals surface area contributed by atoms with Gasteiger partial charge in [-0.25, -0.2) is 4.98 Å². The second-order valence-corrected chi connectivity index (χ2v) is 5.92. The maximum absolute atomic E-state index is 11.9. The molecule has 1 amide bonds. The molecule has 5 heteroatoms. The maximum atomic E-state index is 11.9. The summed E-state index contributed by atoms with van der Waals surface area (Å²) in [6.07, 6.45) is 1.62. The molecule has 2 rings (SSSR count). The number of pyridine rings is 1. The Morgan fingerprint density at radius 2 is 2.14 bits per heavy atom. The van der Waals surface area contributed by atoms with Gasteiger partial charge in [0.05, 0.1) is 11.3 Å². The Morgan fingerprint density at radius 1 is 1.32 bits per heavy atom. The third-order valence-electron chi connectivity index (χ3n) is 3.29. The fourth-order valence-electron chi connectivity index (χ4n) is 1.89. The lowest BCUT2D eigenvalue weighted by atomic mass is 10.1. The van der Waals surface area contributed by atoms with Crippen LogP contribution in [0.25, 0.3) is 0 Å². The second kappa shape index (κ2) is 7.62. The van der Waals surface area contributed by atoms with Gasteiger partial charge in [-0.1, -0.05) is 30.0 Å². The van der Waals surface area contributed by atoms with E-state index in [1.807, 2.05) is 6.07 Å². The van der Waals surface area contributed by atoms with Gasteiger partial charge in [0, 0.05) is 12.7 Å². The summed E-state index contributed by atoms with van der Waals surface area (Å²) in [5.41, 5.74) is 4.03. The third-order valence-corrected chi connectivity index (χ3v) is 4.30. The molecule has 0 saturated carbocycles. The molecular weight excluding hydrogens is 294 g/mol. The van der Waals surface area contributed by atoms with Crippen LogP contribution in [0.15, 0.2) is 41.6 Å². The van der Waals surface area contributed by atoms with E-state index < -0.39 is 0 Å². The molecule has 4 nitrogen and oxygen atoms in total. The second-order valence-electron chi connectivity index (χ2n) is 4.95. The van der Waals surface area contributed by atoms with Crippen molar-refractivity contribution >= 4 is 17.7 Å². The number of nitrogens with zero attached hydrogens (tertiary/aromatic N) is 2. The van der Waals surface area contributed by atoms with E-state index in [-0.39, 0.29) is 11.7 Å². The van der Waals surface area contributed by atoms with Gasteiger partial charge in [0.2, 0.25) is 5.91 Å². The molecule has 0 aliphatic heterocycles. The van der Waals surface area contributed by atoms with Crippen molar-refractivity contribution in [1.82, 2.24) is 10.3 Å². The standard InChI is InChI=1S/C17H17N3OS/c1-12-5-6-14(8-13(12)2)10-20-16(21)11-22-17-15(9-18)4-3-7-19-17/h3-8H,10-11H2,1-2H3,(H,20,21). The van der Waals surface area contributed by atoms with E-state index in [2.05, 4.69) is 42.4 Å². The van der Waals surface area contributed by atoms with E-state index in [0.29, 0.717) is 17.1 Å². The van der Waals surface area contributed by atoms with Gasteiger partial charge in [0.25, 0.3) is 0 Å². The minimum absolute atomic E-state index is 0.0715. The monoisotopic (exact) mass is 311 g/mol. The molecule has 0 aliphatic rings. The molecule has 1 heterocycles. The molecule has 0 fully saturated rings. The number of hydrogen-bond donors (Lipinski definition) is 1.